The first-order chi connectivity index (χ1) is 12.1. The van der Waals surface area contributed by atoms with Crippen molar-refractivity contribution < 1.29 is 14.3 Å². The molecule has 2 N–H and O–H groups in total. The lowest BCUT2D eigenvalue weighted by atomic mass is 10.1. The summed E-state index contributed by atoms with van der Waals surface area (Å²) >= 11 is 0. The lowest BCUT2D eigenvalue weighted by Gasteiger charge is -2.07. The summed E-state index contributed by atoms with van der Waals surface area (Å²) in [6, 6.07) is 14.2. The van der Waals surface area contributed by atoms with Gasteiger partial charge in [0.2, 0.25) is 5.91 Å². The number of anilines is 2. The van der Waals surface area contributed by atoms with Gasteiger partial charge in [-0.1, -0.05) is 18.2 Å². The van der Waals surface area contributed by atoms with Crippen LogP contribution in [0.1, 0.15) is 11.1 Å². The molecule has 0 bridgehead atoms. The highest BCUT2D eigenvalue weighted by Crippen LogP contribution is 2.26. The number of methoxy groups -OCH3 is 1. The van der Waals surface area contributed by atoms with Crippen molar-refractivity contribution in [3.05, 3.63) is 59.2 Å². The molecule has 25 heavy (non-hydrogen) atoms. The minimum absolute atomic E-state index is 0.0424. The van der Waals surface area contributed by atoms with Crippen LogP contribution in [-0.2, 0) is 16.0 Å². The van der Waals surface area contributed by atoms with Crippen molar-refractivity contribution in [3.8, 4) is 11.8 Å². The molecule has 0 unspecified atom stereocenters. The molecule has 0 saturated heterocycles. The number of benzene rings is 2. The fourth-order valence-corrected chi connectivity index (χ4v) is 2.60. The number of carbonyl (C=O) groups excluding carboxylic acids is 2. The van der Waals surface area contributed by atoms with Crippen LogP contribution in [0.4, 0.5) is 11.4 Å². The van der Waals surface area contributed by atoms with E-state index in [0.29, 0.717) is 17.0 Å². The second kappa shape index (κ2) is 6.89. The van der Waals surface area contributed by atoms with E-state index in [1.165, 1.54) is 13.2 Å². The van der Waals surface area contributed by atoms with Gasteiger partial charge in [-0.15, -0.1) is 0 Å². The Morgan fingerprint density at radius 1 is 1.32 bits per heavy atom. The predicted molar refractivity (Wildman–Crippen MR) is 94.0 cm³/mol. The predicted octanol–water partition coefficient (Wildman–Crippen LogP) is 2.74. The van der Waals surface area contributed by atoms with Gasteiger partial charge >= 0.3 is 0 Å². The highest BCUT2D eigenvalue weighted by atomic mass is 16.5. The Hall–Kier alpha value is -3.59. The van der Waals surface area contributed by atoms with Crippen LogP contribution in [0.5, 0.6) is 5.75 Å². The van der Waals surface area contributed by atoms with Crippen LogP contribution in [0, 0.1) is 11.3 Å². The summed E-state index contributed by atoms with van der Waals surface area (Å²) < 4.78 is 5.22. The summed E-state index contributed by atoms with van der Waals surface area (Å²) in [7, 11) is 1.53. The van der Waals surface area contributed by atoms with E-state index in [4.69, 9.17) is 4.74 Å². The molecule has 124 valence electrons. The van der Waals surface area contributed by atoms with E-state index >= 15 is 0 Å². The summed E-state index contributed by atoms with van der Waals surface area (Å²) in [4.78, 5) is 23.8. The third kappa shape index (κ3) is 3.51. The van der Waals surface area contributed by atoms with E-state index in [9.17, 15) is 14.9 Å². The zero-order valence-electron chi connectivity index (χ0n) is 13.5. The second-order valence-corrected chi connectivity index (χ2v) is 5.46. The zero-order valence-corrected chi connectivity index (χ0v) is 13.5. The number of para-hydroxylation sites is 1. The summed E-state index contributed by atoms with van der Waals surface area (Å²) in [5.41, 5.74) is 2.68. The Bertz CT molecular complexity index is 926. The maximum atomic E-state index is 12.4. The van der Waals surface area contributed by atoms with E-state index in [0.717, 1.165) is 11.3 Å². The Morgan fingerprint density at radius 2 is 2.12 bits per heavy atom. The van der Waals surface area contributed by atoms with Gasteiger partial charge in [0.25, 0.3) is 5.91 Å². The number of ether oxygens (including phenoxy) is 1. The van der Waals surface area contributed by atoms with Gasteiger partial charge in [0.15, 0.2) is 0 Å². The van der Waals surface area contributed by atoms with Crippen LogP contribution in [0.25, 0.3) is 6.08 Å². The average molecular weight is 333 g/mol. The zero-order chi connectivity index (χ0) is 17.8. The van der Waals surface area contributed by atoms with Crippen LogP contribution in [-0.4, -0.2) is 18.9 Å². The maximum Gasteiger partial charge on any atom is 0.266 e. The van der Waals surface area contributed by atoms with Gasteiger partial charge in [0.05, 0.1) is 13.5 Å². The molecule has 0 spiro atoms. The molecule has 2 aromatic carbocycles. The van der Waals surface area contributed by atoms with Crippen molar-refractivity contribution in [3.63, 3.8) is 0 Å². The normalized spacial score (nSPS) is 12.8. The standard InChI is InChI=1S/C19H15N3O3/c1-25-17-5-3-2-4-12(17)8-14(11-20)19(24)21-15-6-7-16-13(9-15)10-18(23)22-16/h2-9H,10H2,1H3,(H,21,24)(H,22,23). The molecule has 3 rings (SSSR count). The molecule has 0 aliphatic carbocycles. The molecule has 2 amide bonds. The summed E-state index contributed by atoms with van der Waals surface area (Å²) in [5.74, 6) is -0.0249. The van der Waals surface area contributed by atoms with Crippen molar-refractivity contribution in [2.45, 2.75) is 6.42 Å². The van der Waals surface area contributed by atoms with Crippen LogP contribution >= 0.6 is 0 Å². The number of hydrogen-bond acceptors (Lipinski definition) is 4. The Labute approximate surface area is 144 Å². The molecule has 0 saturated carbocycles. The molecule has 0 aromatic heterocycles. The van der Waals surface area contributed by atoms with Crippen LogP contribution in [0.3, 0.4) is 0 Å². The van der Waals surface area contributed by atoms with Gasteiger partial charge < -0.3 is 15.4 Å². The van der Waals surface area contributed by atoms with Crippen molar-refractivity contribution in [2.75, 3.05) is 17.7 Å². The average Bonchev–Trinajstić information content (AvgIpc) is 2.99. The number of carbonyl (C=O) groups is 2. The van der Waals surface area contributed by atoms with Gasteiger partial charge in [-0.05, 0) is 35.9 Å². The van der Waals surface area contributed by atoms with Gasteiger partial charge in [0, 0.05) is 16.9 Å². The second-order valence-electron chi connectivity index (χ2n) is 5.46. The van der Waals surface area contributed by atoms with E-state index < -0.39 is 5.91 Å². The lowest BCUT2D eigenvalue weighted by Crippen LogP contribution is -2.13. The topological polar surface area (TPSA) is 91.2 Å². The first-order valence-electron chi connectivity index (χ1n) is 7.59. The molecular formula is C19H15N3O3. The largest absolute Gasteiger partial charge is 0.496 e. The summed E-state index contributed by atoms with van der Waals surface area (Å²) in [6.07, 6.45) is 1.76. The molecule has 6 nitrogen and oxygen atoms in total. The minimum atomic E-state index is -0.523. The smallest absolute Gasteiger partial charge is 0.266 e. The number of nitrogens with zero attached hydrogens (tertiary/aromatic N) is 1. The number of hydrogen-bond donors (Lipinski definition) is 2. The van der Waals surface area contributed by atoms with E-state index in [-0.39, 0.29) is 17.9 Å². The molecule has 0 fully saturated rings. The van der Waals surface area contributed by atoms with Gasteiger partial charge in [-0.2, -0.15) is 5.26 Å². The summed E-state index contributed by atoms with van der Waals surface area (Å²) in [6.45, 7) is 0. The van der Waals surface area contributed by atoms with Crippen molar-refractivity contribution in [2.24, 2.45) is 0 Å². The minimum Gasteiger partial charge on any atom is -0.496 e. The molecule has 6 heteroatoms. The van der Waals surface area contributed by atoms with Gasteiger partial charge in [-0.3, -0.25) is 9.59 Å². The van der Waals surface area contributed by atoms with E-state index in [1.807, 2.05) is 12.1 Å². The van der Waals surface area contributed by atoms with E-state index in [2.05, 4.69) is 10.6 Å². The van der Waals surface area contributed by atoms with Crippen LogP contribution < -0.4 is 15.4 Å². The van der Waals surface area contributed by atoms with Crippen molar-refractivity contribution >= 4 is 29.3 Å². The number of fused-ring (bicyclic) bond motifs is 1. The van der Waals surface area contributed by atoms with E-state index in [1.54, 1.807) is 36.4 Å². The fourth-order valence-electron chi connectivity index (χ4n) is 2.60. The van der Waals surface area contributed by atoms with Gasteiger partial charge in [0.1, 0.15) is 17.4 Å². The lowest BCUT2D eigenvalue weighted by molar-refractivity contribution is -0.115. The molecule has 0 atom stereocenters. The van der Waals surface area contributed by atoms with Crippen LogP contribution in [0.2, 0.25) is 0 Å². The Kier molecular flexibility index (Phi) is 4.48. The number of nitrogens with one attached hydrogen (secondary N) is 2. The molecule has 1 aliphatic rings. The molecular weight excluding hydrogens is 318 g/mol. The number of rotatable bonds is 4. The molecule has 1 aliphatic heterocycles. The van der Waals surface area contributed by atoms with Crippen molar-refractivity contribution in [1.29, 1.82) is 5.26 Å². The molecule has 0 radical (unpaired) electrons. The first kappa shape index (κ1) is 16.3. The Balaban J connectivity index is 1.82. The number of amides is 2. The van der Waals surface area contributed by atoms with Gasteiger partial charge in [-0.25, -0.2) is 0 Å². The molecule has 2 aromatic rings. The maximum absolute atomic E-state index is 12.4. The van der Waals surface area contributed by atoms with Crippen molar-refractivity contribution in [1.82, 2.24) is 0 Å². The summed E-state index contributed by atoms with van der Waals surface area (Å²) in [5, 5.41) is 14.7. The molecule has 1 heterocycles. The highest BCUT2D eigenvalue weighted by molar-refractivity contribution is 6.10. The highest BCUT2D eigenvalue weighted by Gasteiger charge is 2.18. The first-order valence-corrected chi connectivity index (χ1v) is 7.59. The quantitative estimate of drug-likeness (QED) is 0.665. The van der Waals surface area contributed by atoms with Crippen LogP contribution in [0.15, 0.2) is 48.0 Å². The number of nitriles is 1. The third-order valence-electron chi connectivity index (χ3n) is 3.79. The Morgan fingerprint density at radius 3 is 2.88 bits per heavy atom. The SMILES string of the molecule is COc1ccccc1C=C(C#N)C(=O)Nc1ccc2c(c1)CC(=O)N2. The third-order valence-corrected chi connectivity index (χ3v) is 3.79. The fraction of sp³-hybridized carbons (Fsp3) is 0.105. The monoisotopic (exact) mass is 333 g/mol.